The average Bonchev–Trinajstić information content (AvgIpc) is 2.31. The minimum absolute atomic E-state index is 0.141. The van der Waals surface area contributed by atoms with E-state index in [0.29, 0.717) is 18.8 Å². The standard InChI is InChI=1S/C12H16O4/c1-15-12(14)7-9-16-11-4-2-10(3-5-11)6-8-13/h2-5,13H,6-9H2,1H3. The van der Waals surface area contributed by atoms with Crippen molar-refractivity contribution in [2.24, 2.45) is 0 Å². The molecule has 0 bridgehead atoms. The van der Waals surface area contributed by atoms with Gasteiger partial charge in [0.15, 0.2) is 0 Å². The molecule has 1 aromatic rings. The molecule has 1 aromatic carbocycles. The number of rotatable bonds is 6. The van der Waals surface area contributed by atoms with Crippen molar-refractivity contribution in [3.05, 3.63) is 29.8 Å². The number of hydrogen-bond acceptors (Lipinski definition) is 4. The molecule has 0 aliphatic rings. The Kier molecular flexibility index (Phi) is 5.36. The average molecular weight is 224 g/mol. The minimum atomic E-state index is -0.281. The predicted molar refractivity (Wildman–Crippen MR) is 59.4 cm³/mol. The Labute approximate surface area is 94.8 Å². The molecule has 0 aliphatic heterocycles. The maximum Gasteiger partial charge on any atom is 0.308 e. The number of hydrogen-bond donors (Lipinski definition) is 1. The Balaban J connectivity index is 2.34. The summed E-state index contributed by atoms with van der Waals surface area (Å²) in [5.41, 5.74) is 1.06. The van der Waals surface area contributed by atoms with Gasteiger partial charge in [-0.1, -0.05) is 12.1 Å². The van der Waals surface area contributed by atoms with E-state index in [-0.39, 0.29) is 19.0 Å². The van der Waals surface area contributed by atoms with Crippen LogP contribution in [0.2, 0.25) is 0 Å². The maximum atomic E-state index is 10.8. The van der Waals surface area contributed by atoms with Crippen molar-refractivity contribution in [1.29, 1.82) is 0 Å². The number of esters is 1. The van der Waals surface area contributed by atoms with E-state index in [0.717, 1.165) is 5.56 Å². The van der Waals surface area contributed by atoms with Gasteiger partial charge in [0.05, 0.1) is 20.1 Å². The summed E-state index contributed by atoms with van der Waals surface area (Å²) in [4.78, 5) is 10.8. The molecule has 0 radical (unpaired) electrons. The van der Waals surface area contributed by atoms with E-state index < -0.39 is 0 Å². The van der Waals surface area contributed by atoms with Crippen LogP contribution < -0.4 is 4.74 Å². The Morgan fingerprint density at radius 3 is 2.56 bits per heavy atom. The Hall–Kier alpha value is -1.55. The van der Waals surface area contributed by atoms with Crippen LogP contribution in [0.15, 0.2) is 24.3 Å². The SMILES string of the molecule is COC(=O)CCOc1ccc(CCO)cc1. The molecule has 0 saturated carbocycles. The van der Waals surface area contributed by atoms with Crippen molar-refractivity contribution < 1.29 is 19.4 Å². The van der Waals surface area contributed by atoms with Gasteiger partial charge in [-0.05, 0) is 24.1 Å². The summed E-state index contributed by atoms with van der Waals surface area (Å²) in [6.07, 6.45) is 0.886. The van der Waals surface area contributed by atoms with Gasteiger partial charge < -0.3 is 14.6 Å². The zero-order valence-electron chi connectivity index (χ0n) is 9.31. The molecule has 0 fully saturated rings. The number of carbonyl (C=O) groups is 1. The number of benzene rings is 1. The summed E-state index contributed by atoms with van der Waals surface area (Å²) < 4.78 is 9.84. The molecule has 0 aromatic heterocycles. The van der Waals surface area contributed by atoms with Crippen LogP contribution in [0.1, 0.15) is 12.0 Å². The van der Waals surface area contributed by atoms with Gasteiger partial charge in [0.25, 0.3) is 0 Å². The van der Waals surface area contributed by atoms with E-state index >= 15 is 0 Å². The number of ether oxygens (including phenoxy) is 2. The highest BCUT2D eigenvalue weighted by Crippen LogP contribution is 2.12. The van der Waals surface area contributed by atoms with Crippen molar-refractivity contribution in [3.8, 4) is 5.75 Å². The molecule has 0 aliphatic carbocycles. The molecule has 0 spiro atoms. The molecular weight excluding hydrogens is 208 g/mol. The molecule has 4 heteroatoms. The third-order valence-corrected chi connectivity index (χ3v) is 2.13. The van der Waals surface area contributed by atoms with Gasteiger partial charge in [-0.25, -0.2) is 0 Å². The van der Waals surface area contributed by atoms with Crippen LogP contribution in [-0.4, -0.2) is 31.4 Å². The Morgan fingerprint density at radius 1 is 1.31 bits per heavy atom. The molecule has 0 saturated heterocycles. The predicted octanol–water partition coefficient (Wildman–Crippen LogP) is 1.16. The molecule has 0 heterocycles. The minimum Gasteiger partial charge on any atom is -0.493 e. The molecule has 0 unspecified atom stereocenters. The highest BCUT2D eigenvalue weighted by molar-refractivity contribution is 5.69. The van der Waals surface area contributed by atoms with Crippen molar-refractivity contribution in [2.45, 2.75) is 12.8 Å². The highest BCUT2D eigenvalue weighted by atomic mass is 16.5. The van der Waals surface area contributed by atoms with Crippen LogP contribution in [0.25, 0.3) is 0 Å². The second-order valence-electron chi connectivity index (χ2n) is 3.29. The Bertz CT molecular complexity index is 318. The largest absolute Gasteiger partial charge is 0.493 e. The summed E-state index contributed by atoms with van der Waals surface area (Å²) in [5, 5.41) is 8.74. The quantitative estimate of drug-likeness (QED) is 0.737. The molecule has 0 amide bonds. The lowest BCUT2D eigenvalue weighted by atomic mass is 10.1. The first-order valence-electron chi connectivity index (χ1n) is 5.15. The van der Waals surface area contributed by atoms with E-state index in [1.807, 2.05) is 24.3 Å². The van der Waals surface area contributed by atoms with Crippen LogP contribution in [0.5, 0.6) is 5.75 Å². The first-order valence-corrected chi connectivity index (χ1v) is 5.15. The monoisotopic (exact) mass is 224 g/mol. The van der Waals surface area contributed by atoms with Crippen LogP contribution in [0.4, 0.5) is 0 Å². The fourth-order valence-corrected chi connectivity index (χ4v) is 1.24. The summed E-state index contributed by atoms with van der Waals surface area (Å²) in [6, 6.07) is 7.43. The van der Waals surface area contributed by atoms with E-state index in [9.17, 15) is 4.79 Å². The fraction of sp³-hybridized carbons (Fsp3) is 0.417. The molecule has 88 valence electrons. The van der Waals surface area contributed by atoms with Gasteiger partial charge in [0, 0.05) is 6.61 Å². The van der Waals surface area contributed by atoms with Gasteiger partial charge in [-0.3, -0.25) is 4.79 Å². The first-order chi connectivity index (χ1) is 7.76. The van der Waals surface area contributed by atoms with Crippen molar-refractivity contribution in [2.75, 3.05) is 20.3 Å². The molecule has 16 heavy (non-hydrogen) atoms. The van der Waals surface area contributed by atoms with Gasteiger partial charge in [-0.2, -0.15) is 0 Å². The van der Waals surface area contributed by atoms with Crippen LogP contribution in [0, 0.1) is 0 Å². The summed E-state index contributed by atoms with van der Waals surface area (Å²) >= 11 is 0. The van der Waals surface area contributed by atoms with Crippen molar-refractivity contribution >= 4 is 5.97 Å². The summed E-state index contributed by atoms with van der Waals surface area (Å²) in [6.45, 7) is 0.453. The number of aliphatic hydroxyl groups is 1. The lowest BCUT2D eigenvalue weighted by molar-refractivity contribution is -0.141. The number of carbonyl (C=O) groups excluding carboxylic acids is 1. The zero-order valence-corrected chi connectivity index (χ0v) is 9.31. The van der Waals surface area contributed by atoms with E-state index in [4.69, 9.17) is 9.84 Å². The van der Waals surface area contributed by atoms with E-state index in [1.54, 1.807) is 0 Å². The maximum absolute atomic E-state index is 10.8. The first kappa shape index (κ1) is 12.5. The van der Waals surface area contributed by atoms with Gasteiger partial charge >= 0.3 is 5.97 Å². The molecule has 1 N–H and O–H groups in total. The van der Waals surface area contributed by atoms with Gasteiger partial charge in [0.1, 0.15) is 5.75 Å². The topological polar surface area (TPSA) is 55.8 Å². The molecule has 4 nitrogen and oxygen atoms in total. The second kappa shape index (κ2) is 6.85. The smallest absolute Gasteiger partial charge is 0.308 e. The second-order valence-corrected chi connectivity index (χ2v) is 3.29. The summed E-state index contributed by atoms with van der Waals surface area (Å²) in [5.74, 6) is 0.433. The highest BCUT2D eigenvalue weighted by Gasteiger charge is 2.00. The zero-order chi connectivity index (χ0) is 11.8. The number of aliphatic hydroxyl groups excluding tert-OH is 1. The fourth-order valence-electron chi connectivity index (χ4n) is 1.24. The molecule has 1 rings (SSSR count). The van der Waals surface area contributed by atoms with Crippen molar-refractivity contribution in [3.63, 3.8) is 0 Å². The normalized spacial score (nSPS) is 9.88. The van der Waals surface area contributed by atoms with Crippen LogP contribution in [-0.2, 0) is 16.0 Å². The number of methoxy groups -OCH3 is 1. The van der Waals surface area contributed by atoms with Crippen LogP contribution in [0.3, 0.4) is 0 Å². The lowest BCUT2D eigenvalue weighted by Gasteiger charge is -2.06. The van der Waals surface area contributed by atoms with Crippen molar-refractivity contribution in [1.82, 2.24) is 0 Å². The Morgan fingerprint density at radius 2 is 2.00 bits per heavy atom. The van der Waals surface area contributed by atoms with Crippen LogP contribution >= 0.6 is 0 Å². The van der Waals surface area contributed by atoms with Gasteiger partial charge in [0.2, 0.25) is 0 Å². The third-order valence-electron chi connectivity index (χ3n) is 2.13. The van der Waals surface area contributed by atoms with E-state index in [1.165, 1.54) is 7.11 Å². The summed E-state index contributed by atoms with van der Waals surface area (Å²) in [7, 11) is 1.35. The van der Waals surface area contributed by atoms with Gasteiger partial charge in [-0.15, -0.1) is 0 Å². The third kappa shape index (κ3) is 4.31. The van der Waals surface area contributed by atoms with E-state index in [2.05, 4.69) is 4.74 Å². The molecule has 0 atom stereocenters. The molecular formula is C12H16O4. The lowest BCUT2D eigenvalue weighted by Crippen LogP contribution is -2.07.